The number of phosphoric ester groups is 2. The molecule has 0 saturated carbocycles. The molecule has 0 radical (unpaired) electrons. The van der Waals surface area contributed by atoms with Gasteiger partial charge in [-0.15, -0.1) is 0 Å². The summed E-state index contributed by atoms with van der Waals surface area (Å²) in [5, 5.41) is 10.7. The standard InChI is InChI=1S/C96H188O17P2/c1-7-10-12-14-16-18-20-22-23-24-25-33-38-44-50-56-62-68-74-80-95(100)112-91(84-106-93(98)78-72-66-60-54-48-40-21-19-17-15-13-11-8-2)86-110-114(102,103)108-82-90(97)83-109-115(104,105)111-87-92(85-107-94(99)79-73-67-61-55-49-43-37-32-28-26-30-35-41-46-52-58-64-70-76-88(4)5)113-96(101)81-75-69-63-57-51-45-39-34-29-27-31-36-42-47-53-59-65-71-77-89(6)9-3/h88-92,97H,7-87H2,1-6H3,(H,102,103)(H,104,105)/t89?,90-,91+,92+/m0/s1. The molecule has 0 saturated heterocycles. The smallest absolute Gasteiger partial charge is 0.462 e. The van der Waals surface area contributed by atoms with Crippen LogP contribution in [0.15, 0.2) is 0 Å². The molecule has 17 nitrogen and oxygen atoms in total. The Kier molecular flexibility index (Phi) is 85.5. The van der Waals surface area contributed by atoms with Gasteiger partial charge >= 0.3 is 39.5 Å². The number of rotatable bonds is 95. The predicted octanol–water partition coefficient (Wildman–Crippen LogP) is 30.1. The van der Waals surface area contributed by atoms with Crippen LogP contribution >= 0.6 is 15.6 Å². The van der Waals surface area contributed by atoms with Crippen LogP contribution in [0.25, 0.3) is 0 Å². The number of hydrogen-bond donors (Lipinski definition) is 3. The highest BCUT2D eigenvalue weighted by Crippen LogP contribution is 2.45. The molecule has 0 bridgehead atoms. The van der Waals surface area contributed by atoms with Crippen molar-refractivity contribution < 1.29 is 80.2 Å². The molecule has 0 fully saturated rings. The summed E-state index contributed by atoms with van der Waals surface area (Å²) in [7, 11) is -9.94. The molecule has 0 spiro atoms. The van der Waals surface area contributed by atoms with E-state index in [0.29, 0.717) is 25.7 Å². The fraction of sp³-hybridized carbons (Fsp3) is 0.958. The van der Waals surface area contributed by atoms with E-state index in [1.807, 2.05) is 0 Å². The van der Waals surface area contributed by atoms with E-state index in [4.69, 9.17) is 37.0 Å². The van der Waals surface area contributed by atoms with E-state index >= 15 is 0 Å². The van der Waals surface area contributed by atoms with Crippen LogP contribution in [0.2, 0.25) is 0 Å². The Balaban J connectivity index is 5.25. The summed E-state index contributed by atoms with van der Waals surface area (Å²) in [5.41, 5.74) is 0. The van der Waals surface area contributed by atoms with Crippen molar-refractivity contribution in [1.82, 2.24) is 0 Å². The molecule has 0 aliphatic heterocycles. The second-order valence-electron chi connectivity index (χ2n) is 35.2. The molecule has 0 aliphatic rings. The Morgan fingerprint density at radius 1 is 0.252 bits per heavy atom. The van der Waals surface area contributed by atoms with Crippen molar-refractivity contribution in [3.63, 3.8) is 0 Å². The molecule has 6 atom stereocenters. The van der Waals surface area contributed by atoms with E-state index in [2.05, 4.69) is 41.5 Å². The lowest BCUT2D eigenvalue weighted by atomic mass is 9.99. The van der Waals surface area contributed by atoms with Crippen molar-refractivity contribution in [1.29, 1.82) is 0 Å². The van der Waals surface area contributed by atoms with Gasteiger partial charge in [-0.25, -0.2) is 9.13 Å². The third-order valence-electron chi connectivity index (χ3n) is 23.1. The van der Waals surface area contributed by atoms with Crippen LogP contribution in [0.4, 0.5) is 0 Å². The topological polar surface area (TPSA) is 237 Å². The van der Waals surface area contributed by atoms with Crippen molar-refractivity contribution in [2.24, 2.45) is 11.8 Å². The Hall–Kier alpha value is -1.94. The van der Waals surface area contributed by atoms with Gasteiger partial charge in [-0.1, -0.05) is 472 Å². The van der Waals surface area contributed by atoms with E-state index in [0.717, 1.165) is 102 Å². The van der Waals surface area contributed by atoms with E-state index in [1.165, 1.54) is 340 Å². The summed E-state index contributed by atoms with van der Waals surface area (Å²) in [6.07, 6.45) is 83.4. The zero-order valence-corrected chi connectivity index (χ0v) is 77.9. The normalized spacial score (nSPS) is 13.9. The van der Waals surface area contributed by atoms with Crippen molar-refractivity contribution in [2.45, 2.75) is 541 Å². The van der Waals surface area contributed by atoms with Crippen molar-refractivity contribution in [2.75, 3.05) is 39.6 Å². The average molecular weight is 1680 g/mol. The SMILES string of the molecule is CCCCCCCCCCCCCCCCCCCCCC(=O)O[C@H](COC(=O)CCCCCCCCCCCCCCC)COP(=O)(O)OC[C@H](O)COP(=O)(O)OC[C@@H](COC(=O)CCCCCCCCCCCCCCCCCCCCC(C)C)OC(=O)CCCCCCCCCCCCCCCCCCCCC(C)CC. The van der Waals surface area contributed by atoms with E-state index < -0.39 is 97.5 Å². The summed E-state index contributed by atoms with van der Waals surface area (Å²) in [6.45, 7) is 9.85. The molecule has 0 amide bonds. The molecule has 0 heterocycles. The Labute approximate surface area is 708 Å². The van der Waals surface area contributed by atoms with E-state index in [9.17, 15) is 43.2 Å². The van der Waals surface area contributed by atoms with Crippen LogP contribution in [-0.4, -0.2) is 96.7 Å². The van der Waals surface area contributed by atoms with Gasteiger partial charge in [-0.3, -0.25) is 37.3 Å². The van der Waals surface area contributed by atoms with Gasteiger partial charge in [0.05, 0.1) is 26.4 Å². The monoisotopic (exact) mass is 1680 g/mol. The minimum absolute atomic E-state index is 0.109. The number of ether oxygens (including phenoxy) is 4. The van der Waals surface area contributed by atoms with Gasteiger partial charge in [0.2, 0.25) is 0 Å². The summed E-state index contributed by atoms with van der Waals surface area (Å²) < 4.78 is 69.2. The Bertz CT molecular complexity index is 2190. The summed E-state index contributed by atoms with van der Waals surface area (Å²) >= 11 is 0. The molecule has 0 aromatic carbocycles. The number of unbranched alkanes of at least 4 members (excludes halogenated alkanes) is 64. The average Bonchev–Trinajstić information content (AvgIpc) is 0.899. The highest BCUT2D eigenvalue weighted by Gasteiger charge is 2.31. The number of carbonyl (C=O) groups excluding carboxylic acids is 4. The minimum atomic E-state index is -4.97. The minimum Gasteiger partial charge on any atom is -0.462 e. The van der Waals surface area contributed by atoms with Crippen LogP contribution in [0.1, 0.15) is 523 Å². The molecular formula is C96H188O17P2. The van der Waals surface area contributed by atoms with Gasteiger partial charge in [-0.2, -0.15) is 0 Å². The largest absolute Gasteiger partial charge is 0.472 e. The molecule has 684 valence electrons. The highest BCUT2D eigenvalue weighted by atomic mass is 31.2. The molecule has 0 aromatic heterocycles. The van der Waals surface area contributed by atoms with Crippen LogP contribution < -0.4 is 0 Å². The predicted molar refractivity (Wildman–Crippen MR) is 478 cm³/mol. The molecule has 0 aliphatic carbocycles. The molecule has 115 heavy (non-hydrogen) atoms. The van der Waals surface area contributed by atoms with Gasteiger partial charge in [0.25, 0.3) is 0 Å². The number of carbonyl (C=O) groups is 4. The van der Waals surface area contributed by atoms with Crippen molar-refractivity contribution in [3.8, 4) is 0 Å². The first-order valence-corrected chi connectivity index (χ1v) is 52.5. The fourth-order valence-electron chi connectivity index (χ4n) is 15.2. The summed E-state index contributed by atoms with van der Waals surface area (Å²) in [5.74, 6) is -0.394. The van der Waals surface area contributed by atoms with Gasteiger partial charge in [0.15, 0.2) is 12.2 Å². The molecule has 3 unspecified atom stereocenters. The maximum atomic E-state index is 13.2. The first-order valence-electron chi connectivity index (χ1n) is 49.5. The lowest BCUT2D eigenvalue weighted by Gasteiger charge is -2.21. The van der Waals surface area contributed by atoms with Gasteiger partial charge < -0.3 is 33.8 Å². The molecule has 19 heteroatoms. The van der Waals surface area contributed by atoms with E-state index in [1.54, 1.807) is 0 Å². The van der Waals surface area contributed by atoms with Crippen LogP contribution in [-0.2, 0) is 65.4 Å². The summed E-state index contributed by atoms with van der Waals surface area (Å²) in [6, 6.07) is 0. The maximum Gasteiger partial charge on any atom is 0.472 e. The molecule has 3 N–H and O–H groups in total. The third-order valence-corrected chi connectivity index (χ3v) is 25.0. The number of hydrogen-bond acceptors (Lipinski definition) is 15. The van der Waals surface area contributed by atoms with Crippen molar-refractivity contribution >= 4 is 39.5 Å². The number of phosphoric acid groups is 2. The van der Waals surface area contributed by atoms with Crippen LogP contribution in [0.3, 0.4) is 0 Å². The van der Waals surface area contributed by atoms with Crippen LogP contribution in [0.5, 0.6) is 0 Å². The Morgan fingerprint density at radius 3 is 0.661 bits per heavy atom. The van der Waals surface area contributed by atoms with Gasteiger partial charge in [-0.05, 0) is 37.5 Å². The second kappa shape index (κ2) is 87.0. The first kappa shape index (κ1) is 113. The quantitative estimate of drug-likeness (QED) is 0.0222. The zero-order chi connectivity index (χ0) is 84.1. The number of aliphatic hydroxyl groups excluding tert-OH is 1. The van der Waals surface area contributed by atoms with Gasteiger partial charge in [0, 0.05) is 25.7 Å². The zero-order valence-electron chi connectivity index (χ0n) is 76.1. The Morgan fingerprint density at radius 2 is 0.443 bits per heavy atom. The number of aliphatic hydroxyl groups is 1. The van der Waals surface area contributed by atoms with E-state index in [-0.39, 0.29) is 25.7 Å². The number of esters is 4. The molecule has 0 aromatic rings. The second-order valence-corrected chi connectivity index (χ2v) is 38.1. The first-order chi connectivity index (χ1) is 55.9. The van der Waals surface area contributed by atoms with Crippen LogP contribution in [0, 0.1) is 11.8 Å². The third kappa shape index (κ3) is 88.2. The fourth-order valence-corrected chi connectivity index (χ4v) is 16.7. The molecule has 0 rings (SSSR count). The maximum absolute atomic E-state index is 13.2. The molecular weight excluding hydrogens is 1490 g/mol. The lowest BCUT2D eigenvalue weighted by Crippen LogP contribution is -2.30. The lowest BCUT2D eigenvalue weighted by molar-refractivity contribution is -0.161. The highest BCUT2D eigenvalue weighted by molar-refractivity contribution is 7.47. The van der Waals surface area contributed by atoms with Crippen molar-refractivity contribution in [3.05, 3.63) is 0 Å². The summed E-state index contributed by atoms with van der Waals surface area (Å²) in [4.78, 5) is 73.6. The van der Waals surface area contributed by atoms with Gasteiger partial charge in [0.1, 0.15) is 19.3 Å².